The van der Waals surface area contributed by atoms with Crippen molar-refractivity contribution in [3.8, 4) is 0 Å². The zero-order valence-corrected chi connectivity index (χ0v) is 16.4. The molecule has 4 nitrogen and oxygen atoms in total. The highest BCUT2D eigenvalue weighted by atomic mass is 35.5. The number of anilines is 1. The Morgan fingerprint density at radius 1 is 1.15 bits per heavy atom. The highest BCUT2D eigenvalue weighted by Gasteiger charge is 2.24. The molecule has 1 aliphatic heterocycles. The van der Waals surface area contributed by atoms with Crippen molar-refractivity contribution in [1.29, 1.82) is 0 Å². The van der Waals surface area contributed by atoms with Crippen molar-refractivity contribution in [2.75, 3.05) is 45.1 Å². The predicted octanol–water partition coefficient (Wildman–Crippen LogP) is 4.35. The Morgan fingerprint density at radius 2 is 1.96 bits per heavy atom. The van der Waals surface area contributed by atoms with Crippen molar-refractivity contribution >= 4 is 39.5 Å². The molecule has 0 spiro atoms. The third-order valence-corrected chi connectivity index (χ3v) is 6.28. The van der Waals surface area contributed by atoms with Crippen LogP contribution in [0.25, 0.3) is 10.8 Å². The van der Waals surface area contributed by atoms with Gasteiger partial charge in [0.25, 0.3) is 0 Å². The zero-order chi connectivity index (χ0) is 17.9. The van der Waals surface area contributed by atoms with Crippen molar-refractivity contribution in [3.05, 3.63) is 57.9 Å². The molecule has 0 radical (unpaired) electrons. The van der Waals surface area contributed by atoms with Crippen LogP contribution in [0.15, 0.2) is 47.8 Å². The van der Waals surface area contributed by atoms with E-state index in [1.54, 1.807) is 0 Å². The molecule has 1 saturated heterocycles. The van der Waals surface area contributed by atoms with Gasteiger partial charge in [-0.15, -0.1) is 11.3 Å². The van der Waals surface area contributed by atoms with Crippen molar-refractivity contribution in [2.45, 2.75) is 6.04 Å². The molecule has 4 rings (SSSR count). The topological polar surface area (TPSA) is 31.4 Å². The smallest absolute Gasteiger partial charge is 0.139 e. The lowest BCUT2D eigenvalue weighted by Crippen LogP contribution is -2.47. The lowest BCUT2D eigenvalue weighted by molar-refractivity contribution is 0.118. The van der Waals surface area contributed by atoms with Gasteiger partial charge in [-0.1, -0.05) is 41.9 Å². The van der Waals surface area contributed by atoms with E-state index in [1.807, 2.05) is 29.5 Å². The summed E-state index contributed by atoms with van der Waals surface area (Å²) < 4.78 is 0. The number of likely N-dealkylation sites (N-methyl/N-ethyl adjacent to an activating group) is 1. The Kier molecular flexibility index (Phi) is 5.41. The summed E-state index contributed by atoms with van der Waals surface area (Å²) in [6.07, 6.45) is 0. The minimum Gasteiger partial charge on any atom is -0.368 e. The lowest BCUT2D eigenvalue weighted by atomic mass is 10.1. The van der Waals surface area contributed by atoms with Crippen LogP contribution in [0.1, 0.15) is 10.9 Å². The Labute approximate surface area is 163 Å². The summed E-state index contributed by atoms with van der Waals surface area (Å²) >= 11 is 8.20. The fraction of sp³-hybridized carbons (Fsp3) is 0.350. The first kappa shape index (κ1) is 17.7. The summed E-state index contributed by atoms with van der Waals surface area (Å²) in [4.78, 5) is 10.9. The van der Waals surface area contributed by atoms with Gasteiger partial charge in [0, 0.05) is 43.0 Å². The predicted molar refractivity (Wildman–Crippen MR) is 111 cm³/mol. The molecule has 2 aromatic heterocycles. The number of halogens is 1. The quantitative estimate of drug-likeness (QED) is 0.660. The van der Waals surface area contributed by atoms with E-state index in [4.69, 9.17) is 11.6 Å². The van der Waals surface area contributed by atoms with Crippen LogP contribution in [0.3, 0.4) is 0 Å². The van der Waals surface area contributed by atoms with Gasteiger partial charge in [-0.3, -0.25) is 4.90 Å². The van der Waals surface area contributed by atoms with Gasteiger partial charge in [-0.05, 0) is 29.9 Å². The second-order valence-corrected chi connectivity index (χ2v) is 8.11. The van der Waals surface area contributed by atoms with Crippen LogP contribution < -0.4 is 5.32 Å². The highest BCUT2D eigenvalue weighted by molar-refractivity contribution is 7.10. The third kappa shape index (κ3) is 3.86. The molecule has 1 aromatic carbocycles. The highest BCUT2D eigenvalue weighted by Crippen LogP contribution is 2.28. The number of fused-ring (bicyclic) bond motifs is 1. The molecular formula is C20H23ClN4S. The summed E-state index contributed by atoms with van der Waals surface area (Å²) in [6, 6.07) is 14.9. The van der Waals surface area contributed by atoms with E-state index in [0.29, 0.717) is 11.2 Å². The van der Waals surface area contributed by atoms with Crippen molar-refractivity contribution < 1.29 is 0 Å². The number of rotatable bonds is 5. The molecule has 1 N–H and O–H groups in total. The molecule has 136 valence electrons. The largest absolute Gasteiger partial charge is 0.368 e. The molecule has 0 aliphatic carbocycles. The first-order valence-electron chi connectivity index (χ1n) is 8.96. The first-order chi connectivity index (χ1) is 12.7. The maximum atomic E-state index is 6.38. The van der Waals surface area contributed by atoms with Gasteiger partial charge in [0.15, 0.2) is 0 Å². The molecule has 3 aromatic rings. The Morgan fingerprint density at radius 3 is 2.73 bits per heavy atom. The molecule has 1 fully saturated rings. The number of thiophene rings is 1. The fourth-order valence-corrected chi connectivity index (χ4v) is 4.60. The summed E-state index contributed by atoms with van der Waals surface area (Å²) in [5, 5.41) is 8.35. The van der Waals surface area contributed by atoms with Gasteiger partial charge in [0.1, 0.15) is 11.0 Å². The molecule has 1 unspecified atom stereocenters. The lowest BCUT2D eigenvalue weighted by Gasteiger charge is -2.37. The number of piperazine rings is 1. The van der Waals surface area contributed by atoms with Crippen LogP contribution in [0.5, 0.6) is 0 Å². The van der Waals surface area contributed by atoms with E-state index in [2.05, 4.69) is 56.8 Å². The zero-order valence-electron chi connectivity index (χ0n) is 14.9. The number of pyridine rings is 1. The van der Waals surface area contributed by atoms with Gasteiger partial charge in [-0.25, -0.2) is 4.98 Å². The first-order valence-corrected chi connectivity index (χ1v) is 10.2. The van der Waals surface area contributed by atoms with Crippen LogP contribution in [-0.4, -0.2) is 54.6 Å². The average molecular weight is 387 g/mol. The van der Waals surface area contributed by atoms with Crippen LogP contribution in [-0.2, 0) is 0 Å². The third-order valence-electron chi connectivity index (χ3n) is 5.02. The minimum atomic E-state index is 0.357. The second-order valence-electron chi connectivity index (χ2n) is 6.77. The van der Waals surface area contributed by atoms with Crippen molar-refractivity contribution in [1.82, 2.24) is 14.8 Å². The summed E-state index contributed by atoms with van der Waals surface area (Å²) in [5.74, 6) is 0.837. The van der Waals surface area contributed by atoms with Gasteiger partial charge in [0.2, 0.25) is 0 Å². The molecule has 6 heteroatoms. The van der Waals surface area contributed by atoms with E-state index in [0.717, 1.165) is 49.3 Å². The van der Waals surface area contributed by atoms with E-state index in [9.17, 15) is 0 Å². The van der Waals surface area contributed by atoms with Crippen LogP contribution in [0.2, 0.25) is 5.15 Å². The molecule has 0 saturated carbocycles. The molecule has 26 heavy (non-hydrogen) atoms. The van der Waals surface area contributed by atoms with Crippen molar-refractivity contribution in [3.63, 3.8) is 0 Å². The number of aromatic nitrogens is 1. The van der Waals surface area contributed by atoms with Crippen molar-refractivity contribution in [2.24, 2.45) is 0 Å². The number of nitrogens with one attached hydrogen (secondary N) is 1. The number of hydrogen-bond donors (Lipinski definition) is 1. The summed E-state index contributed by atoms with van der Waals surface area (Å²) in [6.45, 7) is 5.23. The second kappa shape index (κ2) is 7.92. The monoisotopic (exact) mass is 386 g/mol. The molecule has 1 atom stereocenters. The number of hydrogen-bond acceptors (Lipinski definition) is 5. The van der Waals surface area contributed by atoms with E-state index in [1.165, 1.54) is 4.88 Å². The maximum Gasteiger partial charge on any atom is 0.139 e. The normalized spacial score (nSPS) is 17.5. The van der Waals surface area contributed by atoms with Crippen LogP contribution in [0.4, 0.5) is 5.82 Å². The summed E-state index contributed by atoms with van der Waals surface area (Å²) in [7, 11) is 2.19. The average Bonchev–Trinajstić information content (AvgIpc) is 3.18. The van der Waals surface area contributed by atoms with Crippen LogP contribution in [0, 0.1) is 0 Å². The summed E-state index contributed by atoms with van der Waals surface area (Å²) in [5.41, 5.74) is 0. The Balaban J connectivity index is 1.53. The Hall–Kier alpha value is -1.66. The van der Waals surface area contributed by atoms with Gasteiger partial charge in [0.05, 0.1) is 6.04 Å². The molecule has 1 aliphatic rings. The van der Waals surface area contributed by atoms with E-state index < -0.39 is 0 Å². The number of nitrogens with zero attached hydrogens (tertiary/aromatic N) is 3. The van der Waals surface area contributed by atoms with Gasteiger partial charge >= 0.3 is 0 Å². The minimum absolute atomic E-state index is 0.357. The van der Waals surface area contributed by atoms with E-state index in [-0.39, 0.29) is 0 Å². The Bertz CT molecular complexity index is 859. The number of benzene rings is 1. The SMILES string of the molecule is CN1CCN(C(CNc2cc3ccccc3c(Cl)n2)c2cccs2)CC1. The molecule has 3 heterocycles. The molecular weight excluding hydrogens is 364 g/mol. The fourth-order valence-electron chi connectivity index (χ4n) is 3.47. The van der Waals surface area contributed by atoms with Crippen LogP contribution >= 0.6 is 22.9 Å². The standard InChI is InChI=1S/C20H23ClN4S/c1-24-8-10-25(11-9-24)17(18-7-4-12-26-18)14-22-19-13-15-5-2-3-6-16(15)20(21)23-19/h2-7,12-13,17H,8-11,14H2,1H3,(H,22,23). The van der Waals surface area contributed by atoms with E-state index >= 15 is 0 Å². The molecule has 0 amide bonds. The molecule has 0 bridgehead atoms. The van der Waals surface area contributed by atoms with Gasteiger partial charge < -0.3 is 10.2 Å². The maximum absolute atomic E-state index is 6.38. The van der Waals surface area contributed by atoms with Gasteiger partial charge in [-0.2, -0.15) is 0 Å².